The number of hydrogen-bond acceptors (Lipinski definition) is 9. The van der Waals surface area contributed by atoms with E-state index >= 15 is 0 Å². The molecule has 0 fully saturated rings. The van der Waals surface area contributed by atoms with Gasteiger partial charge in [0.25, 0.3) is 0 Å². The fraction of sp³-hybridized carbons (Fsp3) is 0.355. The molecule has 0 aliphatic rings. The van der Waals surface area contributed by atoms with Crippen molar-refractivity contribution in [3.63, 3.8) is 0 Å². The Bertz CT molecular complexity index is 1550. The first-order valence-corrected chi connectivity index (χ1v) is 13.4. The van der Waals surface area contributed by atoms with Gasteiger partial charge >= 0.3 is 6.09 Å². The third-order valence-electron chi connectivity index (χ3n) is 6.38. The van der Waals surface area contributed by atoms with E-state index in [1.807, 2.05) is 36.4 Å². The van der Waals surface area contributed by atoms with Gasteiger partial charge in [-0.05, 0) is 50.1 Å². The molecular formula is C31H39N7O5. The number of hydrogen-bond donors (Lipinski definition) is 2. The van der Waals surface area contributed by atoms with Gasteiger partial charge in [0, 0.05) is 25.0 Å². The Kier molecular flexibility index (Phi) is 11.1. The fourth-order valence-corrected chi connectivity index (χ4v) is 4.28. The van der Waals surface area contributed by atoms with Crippen LogP contribution in [-0.4, -0.2) is 68.0 Å². The van der Waals surface area contributed by atoms with Crippen LogP contribution in [-0.2, 0) is 32.3 Å². The average molecular weight is 590 g/mol. The highest BCUT2D eigenvalue weighted by Gasteiger charge is 2.29. The van der Waals surface area contributed by atoms with E-state index in [0.717, 1.165) is 16.7 Å². The highest BCUT2D eigenvalue weighted by Crippen LogP contribution is 2.24. The molecule has 0 bridgehead atoms. The first kappa shape index (κ1) is 32.8. The SMILES string of the molecule is C.CC(=O)CN(C)C(=O)OCc1cccc2nnc([C@@H](COCc3ccccc3-c3cccnc3)NC(=O)C(C)(C)N)n12. The van der Waals surface area contributed by atoms with Crippen molar-refractivity contribution >= 4 is 23.4 Å². The molecule has 3 aromatic heterocycles. The number of nitrogens with two attached hydrogens (primary N) is 1. The molecule has 12 heteroatoms. The Labute approximate surface area is 251 Å². The van der Waals surface area contributed by atoms with Gasteiger partial charge in [-0.3, -0.25) is 19.0 Å². The molecule has 1 atom stereocenters. The Morgan fingerprint density at radius 1 is 1.05 bits per heavy atom. The minimum absolute atomic E-state index is 0. The molecule has 0 aliphatic carbocycles. The molecule has 0 unspecified atom stereocenters. The molecule has 0 saturated heterocycles. The van der Waals surface area contributed by atoms with Crippen LogP contribution < -0.4 is 11.1 Å². The minimum Gasteiger partial charge on any atom is -0.443 e. The average Bonchev–Trinajstić information content (AvgIpc) is 3.40. The van der Waals surface area contributed by atoms with Gasteiger partial charge < -0.3 is 25.4 Å². The zero-order valence-corrected chi connectivity index (χ0v) is 24.1. The molecule has 1 aromatic carbocycles. The molecule has 0 radical (unpaired) electrons. The zero-order valence-electron chi connectivity index (χ0n) is 24.1. The molecule has 0 aliphatic heterocycles. The Morgan fingerprint density at radius 2 is 1.81 bits per heavy atom. The third kappa shape index (κ3) is 8.43. The van der Waals surface area contributed by atoms with Gasteiger partial charge in [-0.15, -0.1) is 10.2 Å². The Morgan fingerprint density at radius 3 is 2.51 bits per heavy atom. The number of ketones is 1. The summed E-state index contributed by atoms with van der Waals surface area (Å²) in [7, 11) is 1.48. The topological polar surface area (TPSA) is 154 Å². The van der Waals surface area contributed by atoms with E-state index < -0.39 is 23.6 Å². The smallest absolute Gasteiger partial charge is 0.410 e. The Balaban J connectivity index is 0.00000506. The van der Waals surface area contributed by atoms with Crippen LogP contribution in [0.1, 0.15) is 51.3 Å². The number of fused-ring (bicyclic) bond motifs is 1. The maximum Gasteiger partial charge on any atom is 0.410 e. The first-order chi connectivity index (χ1) is 20.0. The summed E-state index contributed by atoms with van der Waals surface area (Å²) in [6, 6.07) is 16.2. The number of likely N-dealkylation sites (N-methyl/N-ethyl adjacent to an activating group) is 1. The van der Waals surface area contributed by atoms with Crippen LogP contribution in [0.2, 0.25) is 0 Å². The summed E-state index contributed by atoms with van der Waals surface area (Å²) in [6.45, 7) is 4.73. The van der Waals surface area contributed by atoms with E-state index in [-0.39, 0.29) is 39.6 Å². The number of Topliss-reactive ketones (excluding diaryl/α,β-unsaturated/α-hetero) is 1. The molecule has 3 heterocycles. The van der Waals surface area contributed by atoms with Gasteiger partial charge in [-0.25, -0.2) is 4.79 Å². The van der Waals surface area contributed by atoms with Crippen molar-refractivity contribution in [2.45, 2.75) is 53.0 Å². The summed E-state index contributed by atoms with van der Waals surface area (Å²) < 4.78 is 13.3. The number of amides is 2. The molecular weight excluding hydrogens is 550 g/mol. The largest absolute Gasteiger partial charge is 0.443 e. The number of rotatable bonds is 12. The summed E-state index contributed by atoms with van der Waals surface area (Å²) in [4.78, 5) is 42.2. The van der Waals surface area contributed by atoms with Crippen molar-refractivity contribution in [2.24, 2.45) is 5.73 Å². The second kappa shape index (κ2) is 14.5. The monoisotopic (exact) mass is 589 g/mol. The van der Waals surface area contributed by atoms with E-state index in [0.29, 0.717) is 17.2 Å². The van der Waals surface area contributed by atoms with Gasteiger partial charge in [0.1, 0.15) is 18.4 Å². The van der Waals surface area contributed by atoms with Crippen LogP contribution in [0.5, 0.6) is 0 Å². The summed E-state index contributed by atoms with van der Waals surface area (Å²) >= 11 is 0. The molecule has 4 aromatic rings. The van der Waals surface area contributed by atoms with E-state index in [2.05, 4.69) is 20.5 Å². The quantitative estimate of drug-likeness (QED) is 0.252. The number of carbonyl (C=O) groups is 3. The van der Waals surface area contributed by atoms with Crippen LogP contribution in [0.25, 0.3) is 16.8 Å². The van der Waals surface area contributed by atoms with E-state index in [9.17, 15) is 14.4 Å². The molecule has 0 spiro atoms. The minimum atomic E-state index is -1.16. The predicted octanol–water partition coefficient (Wildman–Crippen LogP) is 3.70. The lowest BCUT2D eigenvalue weighted by Gasteiger charge is -2.24. The lowest BCUT2D eigenvalue weighted by molar-refractivity contribution is -0.126. The van der Waals surface area contributed by atoms with Crippen molar-refractivity contribution < 1.29 is 23.9 Å². The molecule has 2 amide bonds. The predicted molar refractivity (Wildman–Crippen MR) is 162 cm³/mol. The lowest BCUT2D eigenvalue weighted by atomic mass is 10.0. The standard InChI is InChI=1S/C30H35N7O5.CH4/c1-20(38)16-36(4)29(40)42-18-23-11-7-13-26-34-35-27(37(23)26)25(33-28(39)30(2,3)31)19-41-17-22-9-5-6-12-24(22)21-10-8-14-32-15-21;/h5-15,25H,16-19,31H2,1-4H3,(H,33,39);1H4/t25-;/m1./s1. The maximum absolute atomic E-state index is 13.0. The number of nitrogens with zero attached hydrogens (tertiary/aromatic N) is 5. The highest BCUT2D eigenvalue weighted by molar-refractivity contribution is 5.85. The van der Waals surface area contributed by atoms with Gasteiger partial charge in [-0.2, -0.15) is 0 Å². The molecule has 0 saturated carbocycles. The third-order valence-corrected chi connectivity index (χ3v) is 6.38. The van der Waals surface area contributed by atoms with Crippen LogP contribution in [0.15, 0.2) is 67.0 Å². The van der Waals surface area contributed by atoms with Crippen molar-refractivity contribution in [1.82, 2.24) is 29.8 Å². The number of aromatic nitrogens is 4. The van der Waals surface area contributed by atoms with Crippen molar-refractivity contribution in [1.29, 1.82) is 0 Å². The van der Waals surface area contributed by atoms with Gasteiger partial charge in [0.2, 0.25) is 5.91 Å². The van der Waals surface area contributed by atoms with Crippen LogP contribution in [0.4, 0.5) is 4.79 Å². The van der Waals surface area contributed by atoms with E-state index in [1.165, 1.54) is 18.9 Å². The molecule has 12 nitrogen and oxygen atoms in total. The molecule has 4 rings (SSSR count). The second-order valence-electron chi connectivity index (χ2n) is 10.5. The Hall–Kier alpha value is -4.68. The number of benzene rings is 1. The number of pyridine rings is 2. The van der Waals surface area contributed by atoms with E-state index in [1.54, 1.807) is 48.8 Å². The summed E-state index contributed by atoms with van der Waals surface area (Å²) in [5, 5.41) is 11.6. The first-order valence-electron chi connectivity index (χ1n) is 13.4. The number of nitrogens with one attached hydrogen (secondary N) is 1. The number of ether oxygens (including phenoxy) is 2. The van der Waals surface area contributed by atoms with Crippen LogP contribution in [0.3, 0.4) is 0 Å². The summed E-state index contributed by atoms with van der Waals surface area (Å²) in [5.74, 6) is -0.188. The second-order valence-corrected chi connectivity index (χ2v) is 10.5. The lowest BCUT2D eigenvalue weighted by Crippen LogP contribution is -2.51. The molecule has 3 N–H and O–H groups in total. The zero-order chi connectivity index (χ0) is 30.3. The summed E-state index contributed by atoms with van der Waals surface area (Å²) in [6.07, 6.45) is 2.86. The van der Waals surface area contributed by atoms with Crippen LogP contribution >= 0.6 is 0 Å². The fourth-order valence-electron chi connectivity index (χ4n) is 4.28. The summed E-state index contributed by atoms with van der Waals surface area (Å²) in [5.41, 5.74) is 8.87. The van der Waals surface area contributed by atoms with Crippen molar-refractivity contribution in [3.8, 4) is 11.1 Å². The normalized spacial score (nSPS) is 11.8. The van der Waals surface area contributed by atoms with Gasteiger partial charge in [-0.1, -0.05) is 43.8 Å². The van der Waals surface area contributed by atoms with Gasteiger partial charge in [0.05, 0.1) is 31.0 Å². The molecule has 228 valence electrons. The molecule has 43 heavy (non-hydrogen) atoms. The van der Waals surface area contributed by atoms with Crippen LogP contribution in [0, 0.1) is 0 Å². The van der Waals surface area contributed by atoms with Gasteiger partial charge in [0.15, 0.2) is 11.5 Å². The highest BCUT2D eigenvalue weighted by atomic mass is 16.6. The van der Waals surface area contributed by atoms with Crippen molar-refractivity contribution in [3.05, 3.63) is 84.1 Å². The van der Waals surface area contributed by atoms with Crippen molar-refractivity contribution in [2.75, 3.05) is 20.2 Å². The number of carbonyl (C=O) groups excluding carboxylic acids is 3. The maximum atomic E-state index is 13.0. The van der Waals surface area contributed by atoms with E-state index in [4.69, 9.17) is 15.2 Å².